The molecule has 2 rings (SSSR count). The minimum absolute atomic E-state index is 0.144. The van der Waals surface area contributed by atoms with Gasteiger partial charge in [0, 0.05) is 12.8 Å². The first kappa shape index (κ1) is 58.6. The highest BCUT2D eigenvalue weighted by molar-refractivity contribution is 5.70. The summed E-state index contributed by atoms with van der Waals surface area (Å²) in [4.78, 5) is 25.7. The highest BCUT2D eigenvalue weighted by atomic mass is 16.7. The lowest BCUT2D eigenvalue weighted by Crippen LogP contribution is -2.61. The number of ether oxygens (including phenoxy) is 6. The Morgan fingerprint density at radius 1 is 0.508 bits per heavy atom. The van der Waals surface area contributed by atoms with Gasteiger partial charge in [-0.3, -0.25) is 9.59 Å². The van der Waals surface area contributed by atoms with Gasteiger partial charge in [0.15, 0.2) is 18.7 Å². The summed E-state index contributed by atoms with van der Waals surface area (Å²) in [7, 11) is 0. The monoisotopic (exact) mass is 927 g/mol. The van der Waals surface area contributed by atoms with Crippen LogP contribution in [0.5, 0.6) is 0 Å². The van der Waals surface area contributed by atoms with Crippen molar-refractivity contribution in [3.8, 4) is 0 Å². The summed E-state index contributed by atoms with van der Waals surface area (Å²) in [6.45, 7) is 2.48. The number of hydrogen-bond acceptors (Lipinski definition) is 15. The van der Waals surface area contributed by atoms with Crippen molar-refractivity contribution in [3.63, 3.8) is 0 Å². The minimum atomic E-state index is -1.77. The Morgan fingerprint density at radius 3 is 1.57 bits per heavy atom. The highest BCUT2D eigenvalue weighted by Gasteiger charge is 2.47. The Morgan fingerprint density at radius 2 is 0.985 bits per heavy atom. The number of allylic oxidation sites excluding steroid dienone is 8. The molecule has 15 nitrogen and oxygen atoms in total. The number of carbonyl (C=O) groups is 2. The SMILES string of the molecule is CCCC/C=C/C/C=C/CCCCCCCC(=O)O[C@H](COC(=O)CCCCCCC/C=C/C=C/CCCCCC)CO[C@@H]1O[C@H](CO[C@@H]2O[C@H](CO)[C@H](O)C(O)C2O)[C@H](O)C(O)C1O. The van der Waals surface area contributed by atoms with Crippen molar-refractivity contribution in [2.75, 3.05) is 26.4 Å². The summed E-state index contributed by atoms with van der Waals surface area (Å²) in [5.41, 5.74) is 0. The van der Waals surface area contributed by atoms with Gasteiger partial charge in [-0.1, -0.05) is 133 Å². The van der Waals surface area contributed by atoms with Crippen molar-refractivity contribution in [1.29, 1.82) is 0 Å². The second kappa shape index (κ2) is 37.4. The number of esters is 2. The molecule has 0 aromatic rings. The lowest BCUT2D eigenvalue weighted by Gasteiger charge is -2.42. The van der Waals surface area contributed by atoms with Gasteiger partial charge in [0.1, 0.15) is 55.4 Å². The molecule has 0 amide bonds. The Hall–Kier alpha value is -2.54. The van der Waals surface area contributed by atoms with Crippen LogP contribution in [0.15, 0.2) is 48.6 Å². The molecule has 2 aliphatic heterocycles. The lowest BCUT2D eigenvalue weighted by atomic mass is 9.98. The van der Waals surface area contributed by atoms with Gasteiger partial charge in [-0.25, -0.2) is 0 Å². The molecular formula is C50H86O15. The van der Waals surface area contributed by atoms with Gasteiger partial charge in [0.2, 0.25) is 0 Å². The molecule has 4 unspecified atom stereocenters. The first-order valence-corrected chi connectivity index (χ1v) is 24.7. The number of carbonyl (C=O) groups excluding carboxylic acids is 2. The molecule has 0 radical (unpaired) electrons. The van der Waals surface area contributed by atoms with Crippen LogP contribution in [0.1, 0.15) is 162 Å². The molecule has 2 heterocycles. The van der Waals surface area contributed by atoms with Crippen LogP contribution in [-0.2, 0) is 38.0 Å². The second-order valence-corrected chi connectivity index (χ2v) is 17.3. The van der Waals surface area contributed by atoms with Gasteiger partial charge < -0.3 is 64.2 Å². The number of aliphatic hydroxyl groups excluding tert-OH is 7. The summed E-state index contributed by atoms with van der Waals surface area (Å²) >= 11 is 0. The van der Waals surface area contributed by atoms with E-state index < -0.39 is 99.3 Å². The smallest absolute Gasteiger partial charge is 0.306 e. The fourth-order valence-corrected chi connectivity index (χ4v) is 7.40. The van der Waals surface area contributed by atoms with E-state index in [1.807, 2.05) is 0 Å². The van der Waals surface area contributed by atoms with Crippen LogP contribution in [0.3, 0.4) is 0 Å². The van der Waals surface area contributed by atoms with Crippen LogP contribution < -0.4 is 0 Å². The van der Waals surface area contributed by atoms with Crippen LogP contribution >= 0.6 is 0 Å². The molecule has 0 bridgehead atoms. The minimum Gasteiger partial charge on any atom is -0.462 e. The van der Waals surface area contributed by atoms with Crippen molar-refractivity contribution < 1.29 is 73.8 Å². The van der Waals surface area contributed by atoms with E-state index in [0.717, 1.165) is 83.5 Å². The van der Waals surface area contributed by atoms with Crippen LogP contribution in [0.25, 0.3) is 0 Å². The predicted octanol–water partition coefficient (Wildman–Crippen LogP) is 6.32. The molecule has 15 heteroatoms. The molecule has 11 atom stereocenters. The summed E-state index contributed by atoms with van der Waals surface area (Å²) in [6.07, 6.45) is 22.8. The van der Waals surface area contributed by atoms with Crippen LogP contribution in [0, 0.1) is 0 Å². The quantitative estimate of drug-likeness (QED) is 0.0157. The van der Waals surface area contributed by atoms with E-state index in [-0.39, 0.29) is 19.4 Å². The Kier molecular flexibility index (Phi) is 33.7. The third-order valence-corrected chi connectivity index (χ3v) is 11.6. The zero-order valence-corrected chi connectivity index (χ0v) is 39.5. The first-order chi connectivity index (χ1) is 31.5. The molecule has 65 heavy (non-hydrogen) atoms. The molecule has 0 aromatic carbocycles. The topological polar surface area (TPSA) is 231 Å². The zero-order valence-electron chi connectivity index (χ0n) is 39.5. The third-order valence-electron chi connectivity index (χ3n) is 11.6. The van der Waals surface area contributed by atoms with Crippen LogP contribution in [0.2, 0.25) is 0 Å². The molecule has 0 aromatic heterocycles. The summed E-state index contributed by atoms with van der Waals surface area (Å²) in [5, 5.41) is 72.0. The standard InChI is InChI=1S/C50H86O15/c1-3-5-7-9-11-13-15-17-19-21-22-24-26-28-30-32-41(52)60-35-38(63-42(53)33-31-29-27-25-23-20-18-16-14-12-10-8-6-4-2)36-61-49-48(59)46(57)44(55)40(65-49)37-62-50-47(58)45(56)43(54)39(34-51)64-50/h10,12-13,15-19,38-40,43-51,54-59H,3-9,11,14,20-37H2,1-2H3/b12-10+,15-13+,18-16+,19-17+/t38-,39-,40-,43+,44+,45?,46?,47?,48?,49-,50-/m1/s1. The number of unbranched alkanes of at least 4 members (excludes halogenated alkanes) is 16. The number of rotatable bonds is 37. The predicted molar refractivity (Wildman–Crippen MR) is 247 cm³/mol. The molecule has 2 aliphatic rings. The van der Waals surface area contributed by atoms with Crippen LogP contribution in [-0.4, -0.2) is 142 Å². The first-order valence-electron chi connectivity index (χ1n) is 24.7. The Bertz CT molecular complexity index is 1320. The van der Waals surface area contributed by atoms with Crippen LogP contribution in [0.4, 0.5) is 0 Å². The molecule has 0 spiro atoms. The Balaban J connectivity index is 1.84. The molecule has 0 saturated carbocycles. The van der Waals surface area contributed by atoms with Gasteiger partial charge >= 0.3 is 11.9 Å². The zero-order chi connectivity index (χ0) is 47.5. The van der Waals surface area contributed by atoms with E-state index in [1.165, 1.54) is 38.5 Å². The van der Waals surface area contributed by atoms with E-state index in [9.17, 15) is 45.3 Å². The molecule has 7 N–H and O–H groups in total. The van der Waals surface area contributed by atoms with Crippen molar-refractivity contribution in [3.05, 3.63) is 48.6 Å². The van der Waals surface area contributed by atoms with E-state index >= 15 is 0 Å². The average molecular weight is 927 g/mol. The third kappa shape index (κ3) is 26.0. The van der Waals surface area contributed by atoms with Crippen molar-refractivity contribution >= 4 is 11.9 Å². The highest BCUT2D eigenvalue weighted by Crippen LogP contribution is 2.26. The molecule has 0 aliphatic carbocycles. The molecule has 2 saturated heterocycles. The fraction of sp³-hybridized carbons (Fsp3) is 0.800. The molecular weight excluding hydrogens is 841 g/mol. The lowest BCUT2D eigenvalue weighted by molar-refractivity contribution is -0.332. The van der Waals surface area contributed by atoms with Gasteiger partial charge in [0.05, 0.1) is 19.8 Å². The van der Waals surface area contributed by atoms with Gasteiger partial charge in [-0.2, -0.15) is 0 Å². The van der Waals surface area contributed by atoms with Gasteiger partial charge in [-0.05, 0) is 64.2 Å². The maximum atomic E-state index is 13.0. The van der Waals surface area contributed by atoms with E-state index in [1.54, 1.807) is 0 Å². The average Bonchev–Trinajstić information content (AvgIpc) is 3.30. The summed E-state index contributed by atoms with van der Waals surface area (Å²) < 4.78 is 33.5. The largest absolute Gasteiger partial charge is 0.462 e. The van der Waals surface area contributed by atoms with Gasteiger partial charge in [0.25, 0.3) is 0 Å². The maximum absolute atomic E-state index is 13.0. The number of aliphatic hydroxyl groups is 7. The van der Waals surface area contributed by atoms with Crippen molar-refractivity contribution in [2.24, 2.45) is 0 Å². The molecule has 376 valence electrons. The summed E-state index contributed by atoms with van der Waals surface area (Å²) in [6, 6.07) is 0. The Labute approximate surface area is 388 Å². The fourth-order valence-electron chi connectivity index (χ4n) is 7.40. The maximum Gasteiger partial charge on any atom is 0.306 e. The molecule has 2 fully saturated rings. The van der Waals surface area contributed by atoms with E-state index in [2.05, 4.69) is 62.5 Å². The van der Waals surface area contributed by atoms with Gasteiger partial charge in [-0.15, -0.1) is 0 Å². The second-order valence-electron chi connectivity index (χ2n) is 17.3. The van der Waals surface area contributed by atoms with Crippen molar-refractivity contribution in [1.82, 2.24) is 0 Å². The van der Waals surface area contributed by atoms with Crippen molar-refractivity contribution in [2.45, 2.75) is 229 Å². The normalized spacial score (nSPS) is 26.8. The van der Waals surface area contributed by atoms with E-state index in [0.29, 0.717) is 12.8 Å². The summed E-state index contributed by atoms with van der Waals surface area (Å²) in [5.74, 6) is -0.962. The van der Waals surface area contributed by atoms with E-state index in [4.69, 9.17) is 28.4 Å². The number of hydrogen-bond donors (Lipinski definition) is 7.